The van der Waals surface area contributed by atoms with Gasteiger partial charge in [0.15, 0.2) is 0 Å². The summed E-state index contributed by atoms with van der Waals surface area (Å²) in [6.07, 6.45) is -0.745. The number of benzene rings is 1. The highest BCUT2D eigenvalue weighted by molar-refractivity contribution is 6.36. The first-order chi connectivity index (χ1) is 11.9. The molecule has 25 heavy (non-hydrogen) atoms. The maximum atomic E-state index is 13.4. The molecule has 132 valence electrons. The van der Waals surface area contributed by atoms with Crippen molar-refractivity contribution < 1.29 is 13.2 Å². The lowest BCUT2D eigenvalue weighted by molar-refractivity contribution is -0.136. The highest BCUT2D eigenvalue weighted by Gasteiger charge is 2.34. The molecule has 0 aliphatic carbocycles. The molecule has 1 aromatic carbocycles. The Hall–Kier alpha value is -2.05. The molecule has 2 heterocycles. The van der Waals surface area contributed by atoms with Gasteiger partial charge in [-0.2, -0.15) is 13.2 Å². The molecule has 2 aromatic heterocycles. The van der Waals surface area contributed by atoms with Gasteiger partial charge in [0.2, 0.25) is 0 Å². The highest BCUT2D eigenvalue weighted by atomic mass is 35.5. The largest absolute Gasteiger partial charge is 0.418 e. The molecular formula is C18H17ClF3N3. The van der Waals surface area contributed by atoms with Gasteiger partial charge in [-0.25, -0.2) is 0 Å². The van der Waals surface area contributed by atoms with E-state index in [1.54, 1.807) is 24.4 Å². The van der Waals surface area contributed by atoms with Crippen molar-refractivity contribution in [1.82, 2.24) is 9.97 Å². The maximum absolute atomic E-state index is 13.4. The molecule has 0 radical (unpaired) electrons. The Morgan fingerprint density at radius 3 is 2.56 bits per heavy atom. The predicted octanol–water partition coefficient (Wildman–Crippen LogP) is 5.18. The maximum Gasteiger partial charge on any atom is 0.418 e. The van der Waals surface area contributed by atoms with Gasteiger partial charge in [-0.15, -0.1) is 0 Å². The fourth-order valence-electron chi connectivity index (χ4n) is 2.99. The van der Waals surface area contributed by atoms with Gasteiger partial charge >= 0.3 is 6.18 Å². The van der Waals surface area contributed by atoms with Crippen LogP contribution in [0.3, 0.4) is 0 Å². The normalized spacial score (nSPS) is 12.0. The number of fused-ring (bicyclic) bond motifs is 1. The first-order valence-electron chi connectivity index (χ1n) is 7.95. The third kappa shape index (κ3) is 3.50. The van der Waals surface area contributed by atoms with E-state index < -0.39 is 11.7 Å². The molecule has 3 nitrogen and oxygen atoms in total. The van der Waals surface area contributed by atoms with Crippen molar-refractivity contribution in [2.24, 2.45) is 5.73 Å². The van der Waals surface area contributed by atoms with Crippen molar-refractivity contribution >= 4 is 22.5 Å². The molecule has 0 amide bonds. The lowest BCUT2D eigenvalue weighted by atomic mass is 10.0. The zero-order valence-corrected chi connectivity index (χ0v) is 14.1. The van der Waals surface area contributed by atoms with Crippen molar-refractivity contribution in [3.63, 3.8) is 0 Å². The number of nitrogens with zero attached hydrogens (tertiary/aromatic N) is 1. The van der Waals surface area contributed by atoms with Crippen molar-refractivity contribution in [3.8, 4) is 11.4 Å². The fourth-order valence-corrected chi connectivity index (χ4v) is 3.26. The van der Waals surface area contributed by atoms with Crippen LogP contribution in [0.2, 0.25) is 5.02 Å². The molecule has 7 heteroatoms. The van der Waals surface area contributed by atoms with Crippen molar-refractivity contribution in [2.75, 3.05) is 6.54 Å². The van der Waals surface area contributed by atoms with Gasteiger partial charge in [0.25, 0.3) is 0 Å². The molecule has 3 aromatic rings. The lowest BCUT2D eigenvalue weighted by Gasteiger charge is -2.09. The second-order valence-corrected chi connectivity index (χ2v) is 6.19. The van der Waals surface area contributed by atoms with E-state index in [4.69, 9.17) is 17.3 Å². The van der Waals surface area contributed by atoms with E-state index in [-0.39, 0.29) is 5.52 Å². The smallest absolute Gasteiger partial charge is 0.352 e. The Morgan fingerprint density at radius 1 is 1.12 bits per heavy atom. The number of nitrogens with two attached hydrogens (primary N) is 1. The number of hydrogen-bond acceptors (Lipinski definition) is 2. The van der Waals surface area contributed by atoms with Crippen LogP contribution in [0.5, 0.6) is 0 Å². The van der Waals surface area contributed by atoms with E-state index in [0.717, 1.165) is 24.5 Å². The third-order valence-corrected chi connectivity index (χ3v) is 4.43. The van der Waals surface area contributed by atoms with Crippen molar-refractivity contribution in [1.29, 1.82) is 0 Å². The number of aryl methyl sites for hydroxylation is 1. The second-order valence-electron chi connectivity index (χ2n) is 5.78. The standard InChI is InChI=1S/C18H17ClF3N3/c19-13-8-7-12(18(20,21)22)17-15(13)11(5-1-3-9-23)16(25-17)14-6-2-4-10-24-14/h2,4,6-8,10,25H,1,3,5,9,23H2. The number of halogens is 4. The first-order valence-corrected chi connectivity index (χ1v) is 8.33. The third-order valence-electron chi connectivity index (χ3n) is 4.12. The molecule has 0 atom stereocenters. The molecule has 0 bridgehead atoms. The van der Waals surface area contributed by atoms with E-state index in [2.05, 4.69) is 9.97 Å². The first kappa shape index (κ1) is 17.8. The number of unbranched alkanes of at least 4 members (excludes halogenated alkanes) is 1. The molecule has 3 N–H and O–H groups in total. The number of aromatic nitrogens is 2. The van der Waals surface area contributed by atoms with Crippen LogP contribution in [0.4, 0.5) is 13.2 Å². The Balaban J connectivity index is 2.27. The number of H-pyrrole nitrogens is 1. The molecule has 0 fully saturated rings. The summed E-state index contributed by atoms with van der Waals surface area (Å²) in [5.74, 6) is 0. The average Bonchev–Trinajstić information content (AvgIpc) is 2.95. The van der Waals surface area contributed by atoms with Crippen molar-refractivity contribution in [2.45, 2.75) is 25.4 Å². The summed E-state index contributed by atoms with van der Waals surface area (Å²) in [6.45, 7) is 0.531. The van der Waals surface area contributed by atoms with Gasteiger partial charge in [-0.3, -0.25) is 4.98 Å². The van der Waals surface area contributed by atoms with Crippen LogP contribution >= 0.6 is 11.6 Å². The minimum absolute atomic E-state index is 0.00315. The van der Waals surface area contributed by atoms with Crippen LogP contribution in [0, 0.1) is 0 Å². The number of alkyl halides is 3. The van der Waals surface area contributed by atoms with Crippen LogP contribution in [0.15, 0.2) is 36.5 Å². The van der Waals surface area contributed by atoms with E-state index in [9.17, 15) is 13.2 Å². The quantitative estimate of drug-likeness (QED) is 0.610. The molecule has 0 spiro atoms. The summed E-state index contributed by atoms with van der Waals surface area (Å²) >= 11 is 6.27. The average molecular weight is 368 g/mol. The summed E-state index contributed by atoms with van der Waals surface area (Å²) < 4.78 is 40.2. The van der Waals surface area contributed by atoms with E-state index in [0.29, 0.717) is 34.8 Å². The molecule has 0 aliphatic heterocycles. The number of nitrogens with one attached hydrogen (secondary N) is 1. The Bertz CT molecular complexity index is 873. The van der Waals surface area contributed by atoms with Crippen LogP contribution in [0.1, 0.15) is 24.0 Å². The molecule has 3 rings (SSSR count). The minimum Gasteiger partial charge on any atom is -0.352 e. The number of rotatable bonds is 5. The molecule has 0 aliphatic rings. The summed E-state index contributed by atoms with van der Waals surface area (Å²) in [5.41, 5.74) is 6.73. The monoisotopic (exact) mass is 367 g/mol. The molecule has 0 unspecified atom stereocenters. The van der Waals surface area contributed by atoms with E-state index in [1.807, 2.05) is 0 Å². The summed E-state index contributed by atoms with van der Waals surface area (Å²) in [6, 6.07) is 7.62. The molecule has 0 saturated carbocycles. The van der Waals surface area contributed by atoms with Gasteiger partial charge in [-0.05, 0) is 55.6 Å². The Labute approximate surface area is 148 Å². The molecule has 0 saturated heterocycles. The zero-order valence-electron chi connectivity index (χ0n) is 13.3. The summed E-state index contributed by atoms with van der Waals surface area (Å²) in [4.78, 5) is 7.20. The zero-order chi connectivity index (χ0) is 18.0. The fraction of sp³-hybridized carbons (Fsp3) is 0.278. The van der Waals surface area contributed by atoms with Gasteiger partial charge in [0.1, 0.15) is 0 Å². The number of aromatic amines is 1. The van der Waals surface area contributed by atoms with Gasteiger partial charge in [0, 0.05) is 11.6 Å². The topological polar surface area (TPSA) is 54.7 Å². The van der Waals surface area contributed by atoms with E-state index >= 15 is 0 Å². The van der Waals surface area contributed by atoms with Gasteiger partial charge in [-0.1, -0.05) is 17.7 Å². The lowest BCUT2D eigenvalue weighted by Crippen LogP contribution is -2.05. The Morgan fingerprint density at radius 2 is 1.92 bits per heavy atom. The van der Waals surface area contributed by atoms with Gasteiger partial charge in [0.05, 0.1) is 27.5 Å². The van der Waals surface area contributed by atoms with Crippen LogP contribution in [0.25, 0.3) is 22.3 Å². The summed E-state index contributed by atoms with van der Waals surface area (Å²) in [7, 11) is 0. The van der Waals surface area contributed by atoms with Crippen LogP contribution < -0.4 is 5.73 Å². The van der Waals surface area contributed by atoms with Crippen LogP contribution in [-0.2, 0) is 12.6 Å². The number of pyridine rings is 1. The van der Waals surface area contributed by atoms with Crippen molar-refractivity contribution in [3.05, 3.63) is 52.7 Å². The Kier molecular flexibility index (Phi) is 5.01. The second kappa shape index (κ2) is 7.06. The SMILES string of the molecule is NCCCCc1c(-c2ccccn2)[nH]c2c(C(F)(F)F)ccc(Cl)c12. The van der Waals surface area contributed by atoms with Crippen LogP contribution in [-0.4, -0.2) is 16.5 Å². The predicted molar refractivity (Wildman–Crippen MR) is 93.5 cm³/mol. The number of hydrogen-bond donors (Lipinski definition) is 2. The molecular weight excluding hydrogens is 351 g/mol. The highest BCUT2D eigenvalue weighted by Crippen LogP contribution is 2.41. The summed E-state index contributed by atoms with van der Waals surface area (Å²) in [5, 5.41) is 0.707. The van der Waals surface area contributed by atoms with E-state index in [1.165, 1.54) is 6.07 Å². The minimum atomic E-state index is -4.47. The van der Waals surface area contributed by atoms with Gasteiger partial charge < -0.3 is 10.7 Å².